The van der Waals surface area contributed by atoms with Gasteiger partial charge in [0.2, 0.25) is 0 Å². The molecular formula is C31H34Br2Cl3N3Si. The van der Waals surface area contributed by atoms with Crippen LogP contribution in [0.4, 0.5) is 0 Å². The summed E-state index contributed by atoms with van der Waals surface area (Å²) in [5.74, 6) is 0. The summed E-state index contributed by atoms with van der Waals surface area (Å²) < 4.78 is 0.873. The third-order valence-electron chi connectivity index (χ3n) is 4.65. The van der Waals surface area contributed by atoms with Gasteiger partial charge in [-0.2, -0.15) is 5.26 Å². The van der Waals surface area contributed by atoms with Gasteiger partial charge in [-0.15, -0.1) is 15.3 Å². The molecule has 4 rings (SSSR count). The highest BCUT2D eigenvalue weighted by Crippen LogP contribution is 2.28. The maximum atomic E-state index is 7.32. The van der Waals surface area contributed by atoms with Gasteiger partial charge in [0.1, 0.15) is 6.69 Å². The topological polar surface area (TPSA) is 49.6 Å². The molecule has 0 fully saturated rings. The molecule has 2 heterocycles. The minimum absolute atomic E-state index is 0.481. The van der Waals surface area contributed by atoms with E-state index in [2.05, 4.69) is 125 Å². The van der Waals surface area contributed by atoms with Crippen LogP contribution in [0.15, 0.2) is 65.4 Å². The second-order valence-corrected chi connectivity index (χ2v) is 23.4. The molecule has 0 N–H and O–H groups in total. The number of nitriles is 1. The summed E-state index contributed by atoms with van der Waals surface area (Å²) in [6, 6.07) is 18.2. The van der Waals surface area contributed by atoms with E-state index in [0.717, 1.165) is 27.0 Å². The van der Waals surface area contributed by atoms with Crippen LogP contribution in [0, 0.1) is 39.0 Å². The SMILES string of the molecule is CC#N.C[Si](C)(C)Br.Cc1cc(C)cc(-c2cc(Br)c(Cl)cn2)c1.Cc1cc(C)cc(-c2cc(Cl)c(Cl)cn2)c1. The Balaban J connectivity index is 0.000000317. The van der Waals surface area contributed by atoms with Gasteiger partial charge in [-0.25, -0.2) is 0 Å². The van der Waals surface area contributed by atoms with Crippen molar-refractivity contribution in [3.8, 4) is 28.6 Å². The molecule has 9 heteroatoms. The molecule has 0 radical (unpaired) electrons. The Kier molecular flexibility index (Phi) is 15.7. The first-order chi connectivity index (χ1) is 18.5. The fraction of sp³-hybridized carbons (Fsp3) is 0.258. The fourth-order valence-electron chi connectivity index (χ4n) is 3.39. The van der Waals surface area contributed by atoms with Gasteiger partial charge >= 0.3 is 0 Å². The lowest BCUT2D eigenvalue weighted by Crippen LogP contribution is -2.05. The Morgan fingerprint density at radius 2 is 0.975 bits per heavy atom. The summed E-state index contributed by atoms with van der Waals surface area (Å²) in [6.45, 7) is 15.7. The normalized spacial score (nSPS) is 10.1. The molecule has 2 aromatic carbocycles. The molecule has 4 aromatic rings. The number of pyridine rings is 2. The molecule has 0 amide bonds. The maximum Gasteiger partial charge on any atom is 0.121 e. The highest BCUT2D eigenvalue weighted by Gasteiger charge is 2.06. The van der Waals surface area contributed by atoms with E-state index in [1.165, 1.54) is 29.2 Å². The lowest BCUT2D eigenvalue weighted by atomic mass is 10.0. The Bertz CT molecular complexity index is 1320. The van der Waals surface area contributed by atoms with E-state index in [-0.39, 0.29) is 0 Å². The minimum Gasteiger partial charge on any atom is -0.255 e. The van der Waals surface area contributed by atoms with Crippen molar-refractivity contribution in [3.63, 3.8) is 0 Å². The summed E-state index contributed by atoms with van der Waals surface area (Å²) in [5.41, 5.74) is 8.87. The summed E-state index contributed by atoms with van der Waals surface area (Å²) >= 11 is 24.7. The van der Waals surface area contributed by atoms with Crippen molar-refractivity contribution in [1.82, 2.24) is 9.97 Å². The van der Waals surface area contributed by atoms with E-state index in [9.17, 15) is 0 Å². The Morgan fingerprint density at radius 1 is 0.650 bits per heavy atom. The predicted molar refractivity (Wildman–Crippen MR) is 185 cm³/mol. The zero-order valence-electron chi connectivity index (χ0n) is 24.0. The van der Waals surface area contributed by atoms with Crippen LogP contribution in [-0.4, -0.2) is 16.7 Å². The number of halogens is 5. The minimum atomic E-state index is -0.799. The third-order valence-corrected chi connectivity index (χ3v) is 6.55. The number of nitrogens with zero attached hydrogens (tertiary/aromatic N) is 3. The van der Waals surface area contributed by atoms with E-state index in [4.69, 9.17) is 40.1 Å². The maximum absolute atomic E-state index is 7.32. The van der Waals surface area contributed by atoms with E-state index >= 15 is 0 Å². The molecule has 0 saturated carbocycles. The second-order valence-electron chi connectivity index (χ2n) is 10.0. The van der Waals surface area contributed by atoms with Crippen molar-refractivity contribution in [2.75, 3.05) is 0 Å². The summed E-state index contributed by atoms with van der Waals surface area (Å²) in [5, 5.41) is 8.97. The van der Waals surface area contributed by atoms with Gasteiger partial charge in [0, 0.05) is 34.9 Å². The highest BCUT2D eigenvalue weighted by molar-refractivity contribution is 9.26. The zero-order chi connectivity index (χ0) is 30.6. The van der Waals surface area contributed by atoms with E-state index in [0.29, 0.717) is 15.1 Å². The summed E-state index contributed by atoms with van der Waals surface area (Å²) in [6.07, 6.45) is 3.25. The average Bonchev–Trinajstić information content (AvgIpc) is 2.81. The van der Waals surface area contributed by atoms with Crippen molar-refractivity contribution >= 4 is 72.7 Å². The van der Waals surface area contributed by atoms with Crippen molar-refractivity contribution in [2.24, 2.45) is 0 Å². The molecular weight excluding hydrogens is 709 g/mol. The van der Waals surface area contributed by atoms with Gasteiger partial charge in [0.15, 0.2) is 0 Å². The van der Waals surface area contributed by atoms with Crippen LogP contribution in [0.2, 0.25) is 34.7 Å². The molecule has 0 bridgehead atoms. The first-order valence-corrected chi connectivity index (χ1v) is 20.0. The third kappa shape index (κ3) is 14.3. The van der Waals surface area contributed by atoms with Crippen molar-refractivity contribution in [1.29, 1.82) is 5.26 Å². The molecule has 3 nitrogen and oxygen atoms in total. The van der Waals surface area contributed by atoms with Crippen molar-refractivity contribution in [3.05, 3.63) is 103 Å². The van der Waals surface area contributed by atoms with Gasteiger partial charge in [-0.05, 0) is 80.0 Å². The molecule has 0 spiro atoms. The van der Waals surface area contributed by atoms with E-state index < -0.39 is 6.69 Å². The van der Waals surface area contributed by atoms with Gasteiger partial charge in [-0.3, -0.25) is 9.97 Å². The van der Waals surface area contributed by atoms with Gasteiger partial charge in [0.25, 0.3) is 0 Å². The van der Waals surface area contributed by atoms with Crippen molar-refractivity contribution in [2.45, 2.75) is 54.3 Å². The number of rotatable bonds is 2. The molecule has 212 valence electrons. The molecule has 0 saturated heterocycles. The number of aryl methyl sites for hydroxylation is 4. The van der Waals surface area contributed by atoms with Gasteiger partial charge in [-0.1, -0.05) is 88.8 Å². The lowest BCUT2D eigenvalue weighted by molar-refractivity contribution is 1.29. The lowest BCUT2D eigenvalue weighted by Gasteiger charge is -2.05. The quantitative estimate of drug-likeness (QED) is 0.152. The Morgan fingerprint density at radius 3 is 1.30 bits per heavy atom. The van der Waals surface area contributed by atoms with Crippen LogP contribution < -0.4 is 0 Å². The van der Waals surface area contributed by atoms with Crippen LogP contribution in [-0.2, 0) is 0 Å². The fourth-order valence-corrected chi connectivity index (χ4v) is 4.07. The molecule has 40 heavy (non-hydrogen) atoms. The molecule has 0 aliphatic carbocycles. The first-order valence-electron chi connectivity index (χ1n) is 12.3. The smallest absolute Gasteiger partial charge is 0.121 e. The number of hydrogen-bond acceptors (Lipinski definition) is 3. The number of hydrogen-bond donors (Lipinski definition) is 0. The molecule has 2 aromatic heterocycles. The predicted octanol–water partition coefficient (Wildman–Crippen LogP) is 12.2. The molecule has 0 aliphatic heterocycles. The zero-order valence-corrected chi connectivity index (χ0v) is 30.4. The largest absolute Gasteiger partial charge is 0.255 e. The summed E-state index contributed by atoms with van der Waals surface area (Å²) in [4.78, 5) is 8.60. The monoisotopic (exact) mass is 739 g/mol. The number of benzene rings is 2. The van der Waals surface area contributed by atoms with Crippen molar-refractivity contribution < 1.29 is 0 Å². The van der Waals surface area contributed by atoms with Crippen LogP contribution in [0.5, 0.6) is 0 Å². The summed E-state index contributed by atoms with van der Waals surface area (Å²) in [7, 11) is 0. The second kappa shape index (κ2) is 17.3. The van der Waals surface area contributed by atoms with Crippen LogP contribution >= 0.6 is 66.0 Å². The molecule has 0 unspecified atom stereocenters. The van der Waals surface area contributed by atoms with E-state index in [1.54, 1.807) is 24.5 Å². The van der Waals surface area contributed by atoms with Crippen LogP contribution in [0.3, 0.4) is 0 Å². The van der Waals surface area contributed by atoms with E-state index in [1.807, 2.05) is 6.07 Å². The average molecular weight is 743 g/mol. The van der Waals surface area contributed by atoms with Gasteiger partial charge in [0.05, 0.1) is 32.5 Å². The van der Waals surface area contributed by atoms with Crippen LogP contribution in [0.1, 0.15) is 29.2 Å². The Labute approximate surface area is 271 Å². The Hall–Kier alpha value is -1.72. The first kappa shape index (κ1) is 36.3. The number of aromatic nitrogens is 2. The molecule has 0 aliphatic rings. The molecule has 0 atom stereocenters. The van der Waals surface area contributed by atoms with Gasteiger partial charge < -0.3 is 0 Å². The van der Waals surface area contributed by atoms with Crippen LogP contribution in [0.25, 0.3) is 22.5 Å². The standard InChI is InChI=1S/C13H11BrClN.C13H11Cl2N.C3H9BrSi.C2H3N/c2*1-8-3-9(2)5-10(4-8)13-6-11(14)12(15)7-16-13;1-5(2,3)4;1-2-3/h2*3-7H,1-2H3;1-3H3;1H3. The highest BCUT2D eigenvalue weighted by atomic mass is 79.9.